The number of thiazole rings is 1. The molecule has 0 aliphatic heterocycles. The molecular formula is C14H15F3N4O2S. The van der Waals surface area contributed by atoms with Crippen LogP contribution in [0.4, 0.5) is 18.3 Å². The van der Waals surface area contributed by atoms with Crippen LogP contribution in [0.2, 0.25) is 0 Å². The summed E-state index contributed by atoms with van der Waals surface area (Å²) in [6.45, 7) is 0. The molecule has 10 heteroatoms. The van der Waals surface area contributed by atoms with Gasteiger partial charge in [0, 0.05) is 30.7 Å². The molecule has 1 fully saturated rings. The Kier molecular flexibility index (Phi) is 4.12. The molecule has 1 unspecified atom stereocenters. The summed E-state index contributed by atoms with van der Waals surface area (Å²) >= 11 is 1.15. The topological polar surface area (TPSA) is 80.0 Å². The van der Waals surface area contributed by atoms with Gasteiger partial charge in [0.25, 0.3) is 0 Å². The molecule has 24 heavy (non-hydrogen) atoms. The monoisotopic (exact) mass is 360 g/mol. The molecule has 0 bridgehead atoms. The van der Waals surface area contributed by atoms with Gasteiger partial charge in [0.2, 0.25) is 11.5 Å². The fourth-order valence-corrected chi connectivity index (χ4v) is 3.18. The van der Waals surface area contributed by atoms with Gasteiger partial charge in [-0.25, -0.2) is 9.97 Å². The highest BCUT2D eigenvalue weighted by atomic mass is 32.1. The van der Waals surface area contributed by atoms with Gasteiger partial charge < -0.3 is 15.0 Å². The third-order valence-corrected chi connectivity index (χ3v) is 4.62. The van der Waals surface area contributed by atoms with Gasteiger partial charge in [-0.3, -0.25) is 4.79 Å². The molecule has 0 radical (unpaired) electrons. The normalized spacial score (nSPS) is 17.5. The summed E-state index contributed by atoms with van der Waals surface area (Å²) in [7, 11) is 1.32. The van der Waals surface area contributed by atoms with Crippen molar-refractivity contribution in [2.24, 2.45) is 7.05 Å². The van der Waals surface area contributed by atoms with E-state index in [1.807, 2.05) is 0 Å². The van der Waals surface area contributed by atoms with E-state index in [-0.39, 0.29) is 5.13 Å². The van der Waals surface area contributed by atoms with Crippen LogP contribution < -0.4 is 5.32 Å². The van der Waals surface area contributed by atoms with Gasteiger partial charge in [-0.1, -0.05) is 0 Å². The lowest BCUT2D eigenvalue weighted by molar-refractivity contribution is -0.270. The molecule has 2 heterocycles. The zero-order valence-corrected chi connectivity index (χ0v) is 13.5. The number of aliphatic hydroxyl groups is 1. The van der Waals surface area contributed by atoms with Crippen LogP contribution in [0.25, 0.3) is 0 Å². The first kappa shape index (κ1) is 16.9. The third-order valence-electron chi connectivity index (χ3n) is 3.84. The highest BCUT2D eigenvalue weighted by Crippen LogP contribution is 2.42. The molecule has 0 aromatic carbocycles. The van der Waals surface area contributed by atoms with E-state index in [0.717, 1.165) is 40.6 Å². The lowest BCUT2D eigenvalue weighted by Gasteiger charge is -2.29. The number of aryl methyl sites for hydroxylation is 1. The Hall–Kier alpha value is -1.94. The molecule has 1 atom stereocenters. The standard InChI is InChI=1S/C14H15F3N4O2S/c1-21-5-4-18-11(21)13(23,14(15,16)17)6-10(22)20-12-19-9(7-24-12)8-2-3-8/h4-5,7-8,23H,2-3,6H2,1H3,(H,19,20,22). The molecule has 130 valence electrons. The van der Waals surface area contributed by atoms with Crippen LogP contribution in [0, 0.1) is 0 Å². The predicted molar refractivity (Wildman–Crippen MR) is 80.5 cm³/mol. The summed E-state index contributed by atoms with van der Waals surface area (Å²) in [5, 5.41) is 14.5. The molecule has 0 spiro atoms. The number of amides is 1. The number of halogens is 3. The number of nitrogens with one attached hydrogen (secondary N) is 1. The molecular weight excluding hydrogens is 345 g/mol. The van der Waals surface area contributed by atoms with Crippen molar-refractivity contribution in [2.45, 2.75) is 37.0 Å². The number of carbonyl (C=O) groups is 1. The Morgan fingerprint density at radius 2 is 2.21 bits per heavy atom. The van der Waals surface area contributed by atoms with Crippen LogP contribution in [-0.2, 0) is 17.4 Å². The van der Waals surface area contributed by atoms with Gasteiger partial charge in [0.1, 0.15) is 0 Å². The molecule has 6 nitrogen and oxygen atoms in total. The molecule has 2 aromatic heterocycles. The van der Waals surface area contributed by atoms with Gasteiger partial charge in [-0.15, -0.1) is 11.3 Å². The maximum Gasteiger partial charge on any atom is 0.425 e. The molecule has 1 aliphatic carbocycles. The average molecular weight is 360 g/mol. The van der Waals surface area contributed by atoms with Crippen LogP contribution in [0.15, 0.2) is 17.8 Å². The van der Waals surface area contributed by atoms with Crippen molar-refractivity contribution in [3.8, 4) is 0 Å². The molecule has 3 rings (SSSR count). The van der Waals surface area contributed by atoms with Crippen LogP contribution in [0.5, 0.6) is 0 Å². The molecule has 1 aliphatic rings. The van der Waals surface area contributed by atoms with Crippen LogP contribution in [-0.4, -0.2) is 31.7 Å². The fourth-order valence-electron chi connectivity index (χ4n) is 2.38. The van der Waals surface area contributed by atoms with Crippen molar-refractivity contribution >= 4 is 22.4 Å². The number of anilines is 1. The van der Waals surface area contributed by atoms with E-state index in [4.69, 9.17) is 0 Å². The molecule has 2 aromatic rings. The zero-order chi connectivity index (χ0) is 17.5. The highest BCUT2D eigenvalue weighted by Gasteiger charge is 2.58. The molecule has 0 saturated heterocycles. The number of hydrogen-bond acceptors (Lipinski definition) is 5. The van der Waals surface area contributed by atoms with E-state index < -0.39 is 29.9 Å². The van der Waals surface area contributed by atoms with Crippen molar-refractivity contribution in [1.29, 1.82) is 0 Å². The Balaban J connectivity index is 1.77. The van der Waals surface area contributed by atoms with Crippen molar-refractivity contribution in [3.63, 3.8) is 0 Å². The zero-order valence-electron chi connectivity index (χ0n) is 12.7. The van der Waals surface area contributed by atoms with E-state index in [0.29, 0.717) is 5.92 Å². The lowest BCUT2D eigenvalue weighted by Crippen LogP contribution is -2.46. The Morgan fingerprint density at radius 3 is 2.75 bits per heavy atom. The first-order valence-corrected chi connectivity index (χ1v) is 8.11. The summed E-state index contributed by atoms with van der Waals surface area (Å²) in [6.07, 6.45) is -1.78. The van der Waals surface area contributed by atoms with E-state index in [9.17, 15) is 23.1 Å². The Morgan fingerprint density at radius 1 is 1.50 bits per heavy atom. The van der Waals surface area contributed by atoms with Gasteiger partial charge in [0.05, 0.1) is 12.1 Å². The molecule has 1 amide bonds. The van der Waals surface area contributed by atoms with Crippen LogP contribution in [0.3, 0.4) is 0 Å². The van der Waals surface area contributed by atoms with E-state index >= 15 is 0 Å². The van der Waals surface area contributed by atoms with Crippen LogP contribution in [0.1, 0.15) is 36.7 Å². The minimum absolute atomic E-state index is 0.228. The number of rotatable bonds is 5. The predicted octanol–water partition coefficient (Wildman–Crippen LogP) is 2.53. The van der Waals surface area contributed by atoms with Crippen molar-refractivity contribution in [1.82, 2.24) is 14.5 Å². The second-order valence-electron chi connectivity index (χ2n) is 5.80. The number of imidazole rings is 1. The van der Waals surface area contributed by atoms with Crippen LogP contribution >= 0.6 is 11.3 Å². The maximum absolute atomic E-state index is 13.4. The highest BCUT2D eigenvalue weighted by molar-refractivity contribution is 7.13. The maximum atomic E-state index is 13.4. The average Bonchev–Trinajstić information content (AvgIpc) is 3.07. The summed E-state index contributed by atoms with van der Waals surface area (Å²) in [4.78, 5) is 19.8. The lowest BCUT2D eigenvalue weighted by atomic mass is 9.97. The Bertz CT molecular complexity index is 753. The van der Waals surface area contributed by atoms with Gasteiger partial charge in [-0.2, -0.15) is 13.2 Å². The first-order chi connectivity index (χ1) is 11.2. The summed E-state index contributed by atoms with van der Waals surface area (Å²) < 4.78 is 41.1. The Labute approximate surface area is 139 Å². The van der Waals surface area contributed by atoms with E-state index in [1.165, 1.54) is 13.2 Å². The van der Waals surface area contributed by atoms with Crippen molar-refractivity contribution in [2.75, 3.05) is 5.32 Å². The summed E-state index contributed by atoms with van der Waals surface area (Å²) in [6, 6.07) is 0. The SMILES string of the molecule is Cn1ccnc1C(O)(CC(=O)Nc1nc(C2CC2)cs1)C(F)(F)F. The fraction of sp³-hybridized carbons (Fsp3) is 0.500. The van der Waals surface area contributed by atoms with Crippen molar-refractivity contribution < 1.29 is 23.1 Å². The largest absolute Gasteiger partial charge is 0.425 e. The summed E-state index contributed by atoms with van der Waals surface area (Å²) in [5.41, 5.74) is -2.53. The second-order valence-corrected chi connectivity index (χ2v) is 6.65. The number of carbonyl (C=O) groups excluding carboxylic acids is 1. The minimum atomic E-state index is -5.05. The summed E-state index contributed by atoms with van der Waals surface area (Å²) in [5.74, 6) is -1.23. The second kappa shape index (κ2) is 5.85. The van der Waals surface area contributed by atoms with Gasteiger partial charge in [0.15, 0.2) is 11.0 Å². The number of alkyl halides is 3. The first-order valence-electron chi connectivity index (χ1n) is 7.23. The number of nitrogens with zero attached hydrogens (tertiary/aromatic N) is 3. The number of hydrogen-bond donors (Lipinski definition) is 2. The van der Waals surface area contributed by atoms with Gasteiger partial charge >= 0.3 is 6.18 Å². The number of aromatic nitrogens is 3. The van der Waals surface area contributed by atoms with Crippen molar-refractivity contribution in [3.05, 3.63) is 29.3 Å². The minimum Gasteiger partial charge on any atom is -0.374 e. The van der Waals surface area contributed by atoms with Gasteiger partial charge in [-0.05, 0) is 12.8 Å². The van der Waals surface area contributed by atoms with E-state index in [1.54, 1.807) is 5.38 Å². The molecule has 2 N–H and O–H groups in total. The quantitative estimate of drug-likeness (QED) is 0.859. The molecule has 1 saturated carbocycles. The smallest absolute Gasteiger partial charge is 0.374 e. The van der Waals surface area contributed by atoms with E-state index in [2.05, 4.69) is 15.3 Å². The third kappa shape index (κ3) is 3.16.